The molecule has 1 aliphatic carbocycles. The molecular weight excluding hydrogens is 397 g/mol. The molecule has 0 unspecified atom stereocenters. The number of amides is 1. The summed E-state index contributed by atoms with van der Waals surface area (Å²) in [5, 5.41) is 2.58. The molecule has 158 valence electrons. The van der Waals surface area contributed by atoms with Crippen LogP contribution in [0, 0.1) is 11.8 Å². The maximum Gasteiger partial charge on any atom is 0.391 e. The van der Waals surface area contributed by atoms with Crippen LogP contribution >= 0.6 is 0 Å². The van der Waals surface area contributed by atoms with Crippen LogP contribution in [0.5, 0.6) is 0 Å². The standard InChI is InChI=1S/C18H25F3N2O4S/c1-12(11-27-2)23-28(25,26)16-8-6-15(7-9-16)22-17(24)13-4-3-5-14(10-13)18(19,20)21/h6-9,12-14,23H,3-5,10-11H2,1-2H3,(H,22,24)/t12-,13+,14+/m0/s1. The fraction of sp³-hybridized carbons (Fsp3) is 0.611. The lowest BCUT2D eigenvalue weighted by Crippen LogP contribution is -2.35. The van der Waals surface area contributed by atoms with E-state index in [1.165, 1.54) is 31.4 Å². The van der Waals surface area contributed by atoms with Crippen molar-refractivity contribution in [3.63, 3.8) is 0 Å². The minimum Gasteiger partial charge on any atom is -0.383 e. The van der Waals surface area contributed by atoms with Crippen molar-refractivity contribution in [3.05, 3.63) is 24.3 Å². The summed E-state index contributed by atoms with van der Waals surface area (Å²) in [6.07, 6.45) is -3.70. The molecule has 1 fully saturated rings. The predicted octanol–water partition coefficient (Wildman–Crippen LogP) is 3.31. The molecule has 10 heteroatoms. The number of hydrogen-bond donors (Lipinski definition) is 2. The zero-order chi connectivity index (χ0) is 20.9. The van der Waals surface area contributed by atoms with E-state index in [9.17, 15) is 26.4 Å². The van der Waals surface area contributed by atoms with Crippen molar-refractivity contribution in [1.82, 2.24) is 4.72 Å². The Kier molecular flexibility index (Phi) is 7.46. The summed E-state index contributed by atoms with van der Waals surface area (Å²) in [6, 6.07) is 5.07. The number of carbonyl (C=O) groups is 1. The highest BCUT2D eigenvalue weighted by atomic mass is 32.2. The van der Waals surface area contributed by atoms with Crippen LogP contribution in [0.1, 0.15) is 32.6 Å². The van der Waals surface area contributed by atoms with Crippen LogP contribution < -0.4 is 10.0 Å². The van der Waals surface area contributed by atoms with Gasteiger partial charge in [-0.3, -0.25) is 4.79 Å². The third-order valence-corrected chi connectivity index (χ3v) is 6.32. The topological polar surface area (TPSA) is 84.5 Å². The highest BCUT2D eigenvalue weighted by molar-refractivity contribution is 7.89. The van der Waals surface area contributed by atoms with Crippen molar-refractivity contribution in [1.29, 1.82) is 0 Å². The lowest BCUT2D eigenvalue weighted by atomic mass is 9.80. The van der Waals surface area contributed by atoms with Crippen molar-refractivity contribution in [2.75, 3.05) is 19.0 Å². The highest BCUT2D eigenvalue weighted by Gasteiger charge is 2.43. The van der Waals surface area contributed by atoms with Crippen LogP contribution in [0.4, 0.5) is 18.9 Å². The van der Waals surface area contributed by atoms with Gasteiger partial charge in [0.2, 0.25) is 15.9 Å². The predicted molar refractivity (Wildman–Crippen MR) is 98.2 cm³/mol. The number of hydrogen-bond acceptors (Lipinski definition) is 4. The number of alkyl halides is 3. The molecule has 0 heterocycles. The van der Waals surface area contributed by atoms with E-state index in [1.807, 2.05) is 0 Å². The number of benzene rings is 1. The summed E-state index contributed by atoms with van der Waals surface area (Å²) < 4.78 is 70.6. The first-order valence-corrected chi connectivity index (χ1v) is 10.5. The van der Waals surface area contributed by atoms with E-state index in [1.54, 1.807) is 6.92 Å². The first-order chi connectivity index (χ1) is 13.0. The van der Waals surface area contributed by atoms with Gasteiger partial charge >= 0.3 is 6.18 Å². The summed E-state index contributed by atoms with van der Waals surface area (Å²) in [5.74, 6) is -2.64. The number of sulfonamides is 1. The Morgan fingerprint density at radius 2 is 1.89 bits per heavy atom. The van der Waals surface area contributed by atoms with Crippen LogP contribution in [0.2, 0.25) is 0 Å². The smallest absolute Gasteiger partial charge is 0.383 e. The van der Waals surface area contributed by atoms with Crippen molar-refractivity contribution in [2.45, 2.75) is 49.7 Å². The molecule has 0 radical (unpaired) electrons. The zero-order valence-electron chi connectivity index (χ0n) is 15.8. The number of halogens is 3. The van der Waals surface area contributed by atoms with Gasteiger partial charge in [0.25, 0.3) is 0 Å². The molecule has 2 N–H and O–H groups in total. The molecule has 0 aromatic heterocycles. The summed E-state index contributed by atoms with van der Waals surface area (Å²) in [7, 11) is -2.27. The Morgan fingerprint density at radius 3 is 2.46 bits per heavy atom. The maximum atomic E-state index is 12.9. The summed E-state index contributed by atoms with van der Waals surface area (Å²) >= 11 is 0. The zero-order valence-corrected chi connectivity index (χ0v) is 16.6. The van der Waals surface area contributed by atoms with Crippen LogP contribution in [0.3, 0.4) is 0 Å². The fourth-order valence-electron chi connectivity index (χ4n) is 3.30. The number of methoxy groups -OCH3 is 1. The molecule has 2 rings (SSSR count). The van der Waals surface area contributed by atoms with Gasteiger partial charge in [0, 0.05) is 24.8 Å². The van der Waals surface area contributed by atoms with Gasteiger partial charge in [0.15, 0.2) is 0 Å². The number of nitrogens with one attached hydrogen (secondary N) is 2. The molecular formula is C18H25F3N2O4S. The van der Waals surface area contributed by atoms with E-state index in [2.05, 4.69) is 10.0 Å². The first-order valence-electron chi connectivity index (χ1n) is 9.02. The van der Waals surface area contributed by atoms with Crippen LogP contribution in [0.25, 0.3) is 0 Å². The minimum absolute atomic E-state index is 0.0169. The molecule has 28 heavy (non-hydrogen) atoms. The molecule has 3 atom stereocenters. The van der Waals surface area contributed by atoms with E-state index >= 15 is 0 Å². The molecule has 1 aromatic rings. The molecule has 1 aliphatic rings. The van der Waals surface area contributed by atoms with Gasteiger partial charge in [-0.1, -0.05) is 6.42 Å². The first kappa shape index (κ1) is 22.6. The van der Waals surface area contributed by atoms with Gasteiger partial charge < -0.3 is 10.1 Å². The lowest BCUT2D eigenvalue weighted by Gasteiger charge is -2.29. The van der Waals surface area contributed by atoms with E-state index in [-0.39, 0.29) is 24.3 Å². The van der Waals surface area contributed by atoms with Gasteiger partial charge in [0.1, 0.15) is 0 Å². The minimum atomic E-state index is -4.29. The average molecular weight is 422 g/mol. The Morgan fingerprint density at radius 1 is 1.25 bits per heavy atom. The quantitative estimate of drug-likeness (QED) is 0.706. The van der Waals surface area contributed by atoms with E-state index in [0.717, 1.165) is 0 Å². The van der Waals surface area contributed by atoms with Crippen molar-refractivity contribution in [2.24, 2.45) is 11.8 Å². The number of anilines is 1. The molecule has 0 spiro atoms. The highest BCUT2D eigenvalue weighted by Crippen LogP contribution is 2.40. The van der Waals surface area contributed by atoms with Crippen LogP contribution in [-0.4, -0.2) is 40.3 Å². The van der Waals surface area contributed by atoms with Gasteiger partial charge in [0.05, 0.1) is 17.4 Å². The van der Waals surface area contributed by atoms with Crippen molar-refractivity contribution in [3.8, 4) is 0 Å². The van der Waals surface area contributed by atoms with E-state index < -0.39 is 40.0 Å². The van der Waals surface area contributed by atoms with Crippen LogP contribution in [-0.2, 0) is 19.6 Å². The molecule has 0 bridgehead atoms. The van der Waals surface area contributed by atoms with Crippen molar-refractivity contribution < 1.29 is 31.1 Å². The third kappa shape index (κ3) is 6.18. The van der Waals surface area contributed by atoms with Gasteiger partial charge in [-0.25, -0.2) is 13.1 Å². The lowest BCUT2D eigenvalue weighted by molar-refractivity contribution is -0.185. The molecule has 1 saturated carbocycles. The second kappa shape index (κ2) is 9.23. The summed E-state index contributed by atoms with van der Waals surface area (Å²) in [4.78, 5) is 12.3. The molecule has 0 aliphatic heterocycles. The Balaban J connectivity index is 1.99. The maximum absolute atomic E-state index is 12.9. The third-order valence-electron chi connectivity index (χ3n) is 4.71. The molecule has 1 amide bonds. The Hall–Kier alpha value is -1.65. The normalized spacial score (nSPS) is 21.9. The second-order valence-electron chi connectivity index (χ2n) is 7.09. The van der Waals surface area contributed by atoms with E-state index in [0.29, 0.717) is 18.5 Å². The summed E-state index contributed by atoms with van der Waals surface area (Å²) in [6.45, 7) is 1.88. The SMILES string of the molecule is COC[C@H](C)NS(=O)(=O)c1ccc(NC(=O)[C@@H]2CCC[C@@H](C(F)(F)F)C2)cc1. The van der Waals surface area contributed by atoms with Gasteiger partial charge in [-0.05, 0) is 50.5 Å². The number of carbonyl (C=O) groups excluding carboxylic acids is 1. The number of rotatable bonds is 7. The second-order valence-corrected chi connectivity index (χ2v) is 8.81. The van der Waals surface area contributed by atoms with Gasteiger partial charge in [-0.2, -0.15) is 13.2 Å². The number of ether oxygens (including phenoxy) is 1. The molecule has 1 aromatic carbocycles. The largest absolute Gasteiger partial charge is 0.391 e. The summed E-state index contributed by atoms with van der Waals surface area (Å²) in [5.41, 5.74) is 0.336. The Labute approximate surface area is 162 Å². The Bertz CT molecular complexity index is 766. The van der Waals surface area contributed by atoms with Crippen molar-refractivity contribution >= 4 is 21.6 Å². The molecule has 0 saturated heterocycles. The molecule has 6 nitrogen and oxygen atoms in total. The van der Waals surface area contributed by atoms with Crippen LogP contribution in [0.15, 0.2) is 29.2 Å². The monoisotopic (exact) mass is 422 g/mol. The fourth-order valence-corrected chi connectivity index (χ4v) is 4.53. The van der Waals surface area contributed by atoms with E-state index in [4.69, 9.17) is 4.74 Å². The van der Waals surface area contributed by atoms with Gasteiger partial charge in [-0.15, -0.1) is 0 Å². The average Bonchev–Trinajstić information content (AvgIpc) is 2.61.